The molecule has 13 heavy (non-hydrogen) atoms. The number of carboxylic acids is 1. The van der Waals surface area contributed by atoms with Gasteiger partial charge in [-0.3, -0.25) is 4.98 Å². The molecule has 0 aliphatic rings. The number of carboxylic acid groups (broad SMARTS) is 1. The molecule has 0 saturated heterocycles. The zero-order valence-electron chi connectivity index (χ0n) is 6.67. The number of pyridine rings is 1. The zero-order chi connectivity index (χ0) is 9.14. The van der Waals surface area contributed by atoms with Crippen LogP contribution in [0.25, 0.3) is 0 Å². The fourth-order valence-electron chi connectivity index (χ4n) is 0.735. The Kier molecular flexibility index (Phi) is 4.98. The summed E-state index contributed by atoms with van der Waals surface area (Å²) in [5.41, 5.74) is -0.237. The van der Waals surface area contributed by atoms with E-state index in [1.165, 1.54) is 6.07 Å². The maximum atomic E-state index is 12.7. The SMILES string of the molecule is C[Si]c1cc(F)cc(C(=O)O)n1.[Ir]. The maximum absolute atomic E-state index is 12.7. The average Bonchev–Trinajstić information content (AvgIpc) is 2.03. The predicted molar refractivity (Wildman–Crippen MR) is 42.4 cm³/mol. The molecule has 6 heteroatoms. The second-order valence-electron chi connectivity index (χ2n) is 2.11. The van der Waals surface area contributed by atoms with E-state index in [0.29, 0.717) is 14.8 Å². The Labute approximate surface area is 90.6 Å². The standard InChI is InChI=1S/C7H6FNO2Si.Ir/c1-12-6-3-4(8)2-5(9-6)7(10)11;/h2-3H,1H3,(H,10,11);. The summed E-state index contributed by atoms with van der Waals surface area (Å²) < 4.78 is 12.7. The molecule has 0 atom stereocenters. The summed E-state index contributed by atoms with van der Waals surface area (Å²) >= 11 is 0. The van der Waals surface area contributed by atoms with Gasteiger partial charge in [0.1, 0.15) is 15.3 Å². The Morgan fingerprint density at radius 3 is 2.69 bits per heavy atom. The third-order valence-electron chi connectivity index (χ3n) is 1.27. The number of carbonyl (C=O) groups is 1. The summed E-state index contributed by atoms with van der Waals surface area (Å²) in [6.45, 7) is 1.81. The number of hydrogen-bond donors (Lipinski definition) is 1. The van der Waals surface area contributed by atoms with E-state index in [-0.39, 0.29) is 25.8 Å². The van der Waals surface area contributed by atoms with Gasteiger partial charge >= 0.3 is 5.97 Å². The molecule has 1 aromatic rings. The summed E-state index contributed by atoms with van der Waals surface area (Å²) in [7, 11) is 0.301. The fraction of sp³-hybridized carbons (Fsp3) is 0.143. The Hall–Kier alpha value is -0.584. The molecule has 1 heterocycles. The van der Waals surface area contributed by atoms with E-state index in [1.807, 2.05) is 6.55 Å². The number of aromatic nitrogens is 1. The van der Waals surface area contributed by atoms with Crippen molar-refractivity contribution in [2.24, 2.45) is 0 Å². The molecule has 0 spiro atoms. The Morgan fingerprint density at radius 1 is 1.62 bits per heavy atom. The van der Waals surface area contributed by atoms with E-state index < -0.39 is 11.8 Å². The van der Waals surface area contributed by atoms with E-state index in [9.17, 15) is 9.18 Å². The summed E-state index contributed by atoms with van der Waals surface area (Å²) in [6.07, 6.45) is 0. The molecule has 1 rings (SSSR count). The van der Waals surface area contributed by atoms with Crippen molar-refractivity contribution in [1.82, 2.24) is 4.98 Å². The van der Waals surface area contributed by atoms with Crippen LogP contribution in [0.2, 0.25) is 6.55 Å². The van der Waals surface area contributed by atoms with Crippen molar-refractivity contribution in [1.29, 1.82) is 0 Å². The van der Waals surface area contributed by atoms with Crippen molar-refractivity contribution in [3.8, 4) is 0 Å². The van der Waals surface area contributed by atoms with Crippen molar-refractivity contribution in [3.63, 3.8) is 0 Å². The summed E-state index contributed by atoms with van der Waals surface area (Å²) in [5, 5.41) is 8.98. The molecule has 1 N–H and O–H groups in total. The van der Waals surface area contributed by atoms with Gasteiger partial charge in [0.25, 0.3) is 0 Å². The van der Waals surface area contributed by atoms with Gasteiger partial charge in [0.2, 0.25) is 0 Å². The molecule has 0 aliphatic heterocycles. The van der Waals surface area contributed by atoms with Gasteiger partial charge in [0.05, 0.1) is 0 Å². The zero-order valence-corrected chi connectivity index (χ0v) is 10.1. The number of aromatic carboxylic acids is 1. The number of halogens is 1. The van der Waals surface area contributed by atoms with Gasteiger partial charge in [-0.2, -0.15) is 0 Å². The van der Waals surface area contributed by atoms with Crippen LogP contribution < -0.4 is 5.32 Å². The van der Waals surface area contributed by atoms with Gasteiger partial charge < -0.3 is 5.11 Å². The first-order valence-corrected chi connectivity index (χ1v) is 4.72. The van der Waals surface area contributed by atoms with Crippen molar-refractivity contribution < 1.29 is 34.4 Å². The Morgan fingerprint density at radius 2 is 2.23 bits per heavy atom. The van der Waals surface area contributed by atoms with E-state index in [4.69, 9.17) is 5.11 Å². The predicted octanol–water partition coefficient (Wildman–Crippen LogP) is 0.294. The normalized spacial score (nSPS) is 9.08. The van der Waals surface area contributed by atoms with Crippen LogP contribution in [0.5, 0.6) is 0 Å². The molecule has 1 aromatic heterocycles. The van der Waals surface area contributed by atoms with Gasteiger partial charge in [0, 0.05) is 31.5 Å². The minimum atomic E-state index is -1.20. The topological polar surface area (TPSA) is 50.2 Å². The van der Waals surface area contributed by atoms with Gasteiger partial charge in [-0.25, -0.2) is 9.18 Å². The summed E-state index contributed by atoms with van der Waals surface area (Å²) in [4.78, 5) is 14.1. The number of rotatable bonds is 2. The molecule has 0 unspecified atom stereocenters. The van der Waals surface area contributed by atoms with Crippen molar-refractivity contribution >= 4 is 20.8 Å². The van der Waals surface area contributed by atoms with Crippen LogP contribution in [0.15, 0.2) is 12.1 Å². The second-order valence-corrected chi connectivity index (χ2v) is 3.12. The van der Waals surface area contributed by atoms with Gasteiger partial charge in [-0.15, -0.1) is 0 Å². The molecule has 3 nitrogen and oxygen atoms in total. The van der Waals surface area contributed by atoms with Crippen LogP contribution in [-0.2, 0) is 20.1 Å². The molecule has 71 valence electrons. The van der Waals surface area contributed by atoms with Crippen LogP contribution >= 0.6 is 0 Å². The minimum absolute atomic E-state index is 0. The molecule has 0 aromatic carbocycles. The van der Waals surface area contributed by atoms with E-state index in [0.717, 1.165) is 6.07 Å². The quantitative estimate of drug-likeness (QED) is 0.757. The molecule has 0 aliphatic carbocycles. The van der Waals surface area contributed by atoms with E-state index in [2.05, 4.69) is 4.98 Å². The monoisotopic (exact) mass is 376 g/mol. The molecule has 0 fully saturated rings. The number of nitrogens with zero attached hydrogens (tertiary/aromatic N) is 1. The smallest absolute Gasteiger partial charge is 0.354 e. The van der Waals surface area contributed by atoms with Gasteiger partial charge in [0.15, 0.2) is 5.69 Å². The van der Waals surface area contributed by atoms with Crippen LogP contribution in [0.1, 0.15) is 10.5 Å². The van der Waals surface area contributed by atoms with Crippen molar-refractivity contribution in [3.05, 3.63) is 23.6 Å². The minimum Gasteiger partial charge on any atom is -0.477 e. The first kappa shape index (κ1) is 12.4. The third kappa shape index (κ3) is 3.34. The first-order valence-electron chi connectivity index (χ1n) is 3.22. The largest absolute Gasteiger partial charge is 0.477 e. The Balaban J connectivity index is 0.00000144. The molecule has 0 amide bonds. The summed E-state index contributed by atoms with van der Waals surface area (Å²) in [6, 6.07) is 2.15. The van der Waals surface area contributed by atoms with E-state index >= 15 is 0 Å². The fourth-order valence-corrected chi connectivity index (χ4v) is 1.25. The van der Waals surface area contributed by atoms with Crippen LogP contribution in [-0.4, -0.2) is 25.6 Å². The second kappa shape index (κ2) is 5.21. The molecular weight excluding hydrogens is 369 g/mol. The molecule has 0 bridgehead atoms. The van der Waals surface area contributed by atoms with Gasteiger partial charge in [-0.1, -0.05) is 6.55 Å². The molecule has 3 radical (unpaired) electrons. The van der Waals surface area contributed by atoms with Gasteiger partial charge in [-0.05, 0) is 6.07 Å². The Bertz CT molecular complexity index is 321. The third-order valence-corrected chi connectivity index (χ3v) is 2.03. The summed E-state index contributed by atoms with van der Waals surface area (Å²) in [5.74, 6) is -1.75. The molecular formula is C7H6FIrNO2Si. The van der Waals surface area contributed by atoms with Crippen LogP contribution in [0, 0.1) is 5.82 Å². The average molecular weight is 375 g/mol. The van der Waals surface area contributed by atoms with Crippen LogP contribution in [0.3, 0.4) is 0 Å². The maximum Gasteiger partial charge on any atom is 0.354 e. The van der Waals surface area contributed by atoms with Crippen molar-refractivity contribution in [2.45, 2.75) is 6.55 Å². The van der Waals surface area contributed by atoms with E-state index in [1.54, 1.807) is 0 Å². The van der Waals surface area contributed by atoms with Crippen LogP contribution in [0.4, 0.5) is 4.39 Å². The van der Waals surface area contributed by atoms with Crippen molar-refractivity contribution in [2.75, 3.05) is 0 Å². The first-order chi connectivity index (χ1) is 5.63. The molecule has 0 saturated carbocycles. The number of hydrogen-bond acceptors (Lipinski definition) is 2.